The van der Waals surface area contributed by atoms with Crippen LogP contribution in [0.15, 0.2) is 64.4 Å². The second-order valence-electron chi connectivity index (χ2n) is 11.7. The molecule has 0 radical (unpaired) electrons. The number of thiophene rings is 2. The van der Waals surface area contributed by atoms with Crippen LogP contribution in [0.3, 0.4) is 0 Å². The average Bonchev–Trinajstić information content (AvgIpc) is 3.90. The number of hydrogen-bond acceptors (Lipinski definition) is 16. The first-order valence-electron chi connectivity index (χ1n) is 17.0. The number of cyclic esters (lactones) is 1. The molecular weight excluding hydrogens is 760 g/mol. The number of nitrogens with two attached hydrogens (primary N) is 3. The number of carbonyl (C=O) groups is 1. The van der Waals surface area contributed by atoms with Crippen molar-refractivity contribution in [2.45, 2.75) is 102 Å². The van der Waals surface area contributed by atoms with Gasteiger partial charge in [0.1, 0.15) is 32.0 Å². The van der Waals surface area contributed by atoms with E-state index in [9.17, 15) is 14.4 Å². The van der Waals surface area contributed by atoms with Crippen molar-refractivity contribution in [3.8, 4) is 11.5 Å². The third kappa shape index (κ3) is 19.5. The highest BCUT2D eigenvalue weighted by molar-refractivity contribution is 7.99. The lowest BCUT2D eigenvalue weighted by molar-refractivity contribution is -0.139. The normalized spacial score (nSPS) is 11.8. The minimum atomic E-state index is -0.306. The molecule has 1 atom stereocenters. The number of nitrogens with one attached hydrogen (secondary N) is 1. The summed E-state index contributed by atoms with van der Waals surface area (Å²) in [4.78, 5) is 11.0. The van der Waals surface area contributed by atoms with Gasteiger partial charge in [0, 0.05) is 29.8 Å². The topological polar surface area (TPSA) is 190 Å². The summed E-state index contributed by atoms with van der Waals surface area (Å²) in [5.41, 5.74) is 18.5. The van der Waals surface area contributed by atoms with E-state index in [2.05, 4.69) is 51.6 Å². The molecule has 0 saturated heterocycles. The van der Waals surface area contributed by atoms with Crippen LogP contribution in [0, 0.1) is 6.92 Å². The molecule has 0 saturated carbocycles. The Hall–Kier alpha value is -3.32. The first-order valence-corrected chi connectivity index (χ1v) is 20.4. The van der Waals surface area contributed by atoms with Crippen molar-refractivity contribution in [3.05, 3.63) is 70.0 Å². The van der Waals surface area contributed by atoms with E-state index in [0.717, 1.165) is 39.9 Å². The van der Waals surface area contributed by atoms with Gasteiger partial charge in [-0.2, -0.15) is 0 Å². The van der Waals surface area contributed by atoms with Crippen LogP contribution in [0.5, 0.6) is 11.5 Å². The molecule has 300 valence electrons. The summed E-state index contributed by atoms with van der Waals surface area (Å²) < 4.78 is 31.1. The molecule has 1 aliphatic heterocycles. The maximum atomic E-state index is 12.2. The van der Waals surface area contributed by atoms with Crippen molar-refractivity contribution in [2.24, 2.45) is 5.73 Å². The highest BCUT2D eigenvalue weighted by Gasteiger charge is 2.25. The van der Waals surface area contributed by atoms with E-state index in [1.165, 1.54) is 66.3 Å². The van der Waals surface area contributed by atoms with Crippen LogP contribution in [-0.2, 0) is 16.1 Å². The molecule has 4 aromatic rings. The maximum absolute atomic E-state index is 12.2. The fourth-order valence-corrected chi connectivity index (χ4v) is 6.88. The number of halogens is 1. The van der Waals surface area contributed by atoms with Crippen LogP contribution >= 0.6 is 46.6 Å². The summed E-state index contributed by atoms with van der Waals surface area (Å²) >= 11 is 4.93. The zero-order chi connectivity index (χ0) is 40.7. The smallest absolute Gasteiger partial charge is 0.362 e. The molecule has 0 aromatic carbocycles. The van der Waals surface area contributed by atoms with Gasteiger partial charge in [-0.3, -0.25) is 4.31 Å². The van der Waals surface area contributed by atoms with Crippen molar-refractivity contribution in [3.63, 3.8) is 0 Å². The number of carbonyl (C=O) groups excluding carboxylic acids is 1. The standard InChI is InChI=1S/C13H17NO3.C6H10N2OS2.C6H9NO.C5H7FN2OS2.2C3H8/c1-4-10(14-11-7-17-13(11)15)12-5-9(6-16-12)8(2)3;1-8(2)11-6-5(9)4(7)3-10-6;1-5-2-3-6(4-7)8-5;1-8(6)11-5-4(9)3(7)2-10-5;2*1-3-2/h5-8,10,14H,4H2,1-3H3;3,9H,7H2,1-2H3;2-3H,4,7H2,1H3;2,9H,7H2,1H3;2*3H2,1-2H3/t10-;;;;;/m1...../s1. The Labute approximate surface area is 331 Å². The molecule has 0 aliphatic carbocycles. The molecule has 0 fully saturated rings. The van der Waals surface area contributed by atoms with Gasteiger partial charge < -0.3 is 46.3 Å². The second kappa shape index (κ2) is 27.3. The number of ether oxygens (including phenoxy) is 1. The SMILES string of the molecule is CCC.CCC.CC[C@@H](NC1=COC1=O)c1cc(C(C)C)co1.CN(C)Sc1scc(N)c1O.CN(F)Sc1scc(N)c1O.Cc1ccc(CN)o1. The van der Waals surface area contributed by atoms with Crippen LogP contribution in [0.4, 0.5) is 15.9 Å². The predicted molar refractivity (Wildman–Crippen MR) is 221 cm³/mol. The summed E-state index contributed by atoms with van der Waals surface area (Å²) in [6.45, 7) is 17.2. The van der Waals surface area contributed by atoms with Crippen molar-refractivity contribution in [1.29, 1.82) is 0 Å². The molecule has 0 amide bonds. The van der Waals surface area contributed by atoms with Crippen molar-refractivity contribution < 1.29 is 33.1 Å². The summed E-state index contributed by atoms with van der Waals surface area (Å²) in [5.74, 6) is 2.93. The number of esters is 1. The molecule has 5 rings (SSSR count). The van der Waals surface area contributed by atoms with E-state index in [4.69, 9.17) is 31.1 Å². The molecule has 0 spiro atoms. The summed E-state index contributed by atoms with van der Waals surface area (Å²) in [7, 11) is 5.08. The number of nitrogen functional groups attached to an aromatic ring is 2. The van der Waals surface area contributed by atoms with E-state index >= 15 is 0 Å². The van der Waals surface area contributed by atoms with Crippen LogP contribution in [0.25, 0.3) is 0 Å². The third-order valence-electron chi connectivity index (χ3n) is 5.88. The Morgan fingerprint density at radius 2 is 1.47 bits per heavy atom. The molecule has 0 bridgehead atoms. The molecule has 12 nitrogen and oxygen atoms in total. The third-order valence-corrected chi connectivity index (χ3v) is 9.80. The lowest BCUT2D eigenvalue weighted by Gasteiger charge is -2.20. The van der Waals surface area contributed by atoms with Crippen LogP contribution in [0.1, 0.15) is 103 Å². The zero-order valence-electron chi connectivity index (χ0n) is 32.7. The largest absolute Gasteiger partial charge is 0.504 e. The van der Waals surface area contributed by atoms with Crippen LogP contribution in [0.2, 0.25) is 0 Å². The van der Waals surface area contributed by atoms with Gasteiger partial charge in [0.05, 0.1) is 30.2 Å². The Morgan fingerprint density at radius 1 is 0.943 bits per heavy atom. The molecule has 0 unspecified atom stereocenters. The highest BCUT2D eigenvalue weighted by Crippen LogP contribution is 2.41. The van der Waals surface area contributed by atoms with Gasteiger partial charge in [0.2, 0.25) is 0 Å². The van der Waals surface area contributed by atoms with Crippen molar-refractivity contribution >= 4 is 63.9 Å². The first-order chi connectivity index (χ1) is 25.0. The molecule has 53 heavy (non-hydrogen) atoms. The lowest BCUT2D eigenvalue weighted by atomic mass is 10.1. The Morgan fingerprint density at radius 3 is 1.75 bits per heavy atom. The average molecular weight is 819 g/mol. The van der Waals surface area contributed by atoms with E-state index in [1.54, 1.807) is 17.0 Å². The summed E-state index contributed by atoms with van der Waals surface area (Å²) in [6.07, 6.45) is 6.55. The van der Waals surface area contributed by atoms with Gasteiger partial charge in [-0.25, -0.2) is 4.79 Å². The minimum absolute atomic E-state index is 0.0154. The number of nitrogens with zero attached hydrogens (tertiary/aromatic N) is 2. The molecule has 17 heteroatoms. The van der Waals surface area contributed by atoms with E-state index in [0.29, 0.717) is 38.3 Å². The minimum Gasteiger partial charge on any atom is -0.504 e. The zero-order valence-corrected chi connectivity index (χ0v) is 36.0. The molecule has 5 heterocycles. The summed E-state index contributed by atoms with van der Waals surface area (Å²) in [6, 6.07) is 5.84. The predicted octanol–water partition coefficient (Wildman–Crippen LogP) is 10.2. The van der Waals surface area contributed by atoms with Gasteiger partial charge >= 0.3 is 5.97 Å². The molecular formula is C36H59FN6O6S4. The van der Waals surface area contributed by atoms with Gasteiger partial charge in [-0.1, -0.05) is 65.8 Å². The number of aromatic hydroxyl groups is 2. The highest BCUT2D eigenvalue weighted by atomic mass is 32.2. The number of aryl methyl sites for hydroxylation is 1. The quantitative estimate of drug-likeness (QED) is 0.0503. The second-order valence-corrected chi connectivity index (χ2v) is 16.4. The lowest BCUT2D eigenvalue weighted by Crippen LogP contribution is -2.30. The van der Waals surface area contributed by atoms with Crippen molar-refractivity contribution in [1.82, 2.24) is 14.1 Å². The van der Waals surface area contributed by atoms with Gasteiger partial charge in [0.25, 0.3) is 0 Å². The fourth-order valence-electron chi connectivity index (χ4n) is 3.37. The number of rotatable bonds is 10. The van der Waals surface area contributed by atoms with E-state index < -0.39 is 0 Å². The molecule has 1 aliphatic rings. The molecule has 9 N–H and O–H groups in total. The van der Waals surface area contributed by atoms with E-state index in [1.807, 2.05) is 50.4 Å². The Bertz CT molecular complexity index is 1550. The monoisotopic (exact) mass is 818 g/mol. The Balaban J connectivity index is 0.000000666. The van der Waals surface area contributed by atoms with Gasteiger partial charge in [-0.15, -0.1) is 27.2 Å². The van der Waals surface area contributed by atoms with Gasteiger partial charge in [-0.05, 0) is 69.1 Å². The fraction of sp³-hybridized carbons (Fsp3) is 0.472. The molecule has 4 aromatic heterocycles. The Kier molecular flexibility index (Phi) is 25.6. The maximum Gasteiger partial charge on any atom is 0.362 e. The first kappa shape index (κ1) is 49.7. The number of furan rings is 2. The number of anilines is 2. The number of hydrogen-bond donors (Lipinski definition) is 6. The van der Waals surface area contributed by atoms with Crippen molar-refractivity contribution in [2.75, 3.05) is 32.6 Å². The van der Waals surface area contributed by atoms with Crippen LogP contribution < -0.4 is 22.5 Å². The summed E-state index contributed by atoms with van der Waals surface area (Å²) in [5, 5.41) is 24.9. The van der Waals surface area contributed by atoms with E-state index in [-0.39, 0.29) is 23.5 Å². The van der Waals surface area contributed by atoms with Gasteiger partial charge in [0.15, 0.2) is 17.2 Å². The van der Waals surface area contributed by atoms with Crippen LogP contribution in [-0.4, -0.2) is 46.2 Å².